The quantitative estimate of drug-likeness (QED) is 0.349. The number of methoxy groups -OCH3 is 1. The van der Waals surface area contributed by atoms with Crippen LogP contribution in [0.25, 0.3) is 0 Å². The molecule has 0 radical (unpaired) electrons. The molecule has 2 N–H and O–H groups in total. The molecule has 4 nitrogen and oxygen atoms in total. The van der Waals surface area contributed by atoms with Crippen LogP contribution in [-0.2, 0) is 13.1 Å². The third kappa shape index (κ3) is 6.43. The monoisotopic (exact) mass is 525 g/mol. The average molecular weight is 526 g/mol. The molecule has 0 aromatic heterocycles. The predicted molar refractivity (Wildman–Crippen MR) is 110 cm³/mol. The van der Waals surface area contributed by atoms with Crippen LogP contribution in [0, 0.1) is 11.6 Å². The van der Waals surface area contributed by atoms with Crippen LogP contribution in [0.1, 0.15) is 11.1 Å². The summed E-state index contributed by atoms with van der Waals surface area (Å²) in [7, 11) is 3.22. The lowest BCUT2D eigenvalue weighted by molar-refractivity contribution is 0.412. The molecule has 0 aliphatic carbocycles. The van der Waals surface area contributed by atoms with E-state index in [-0.39, 0.29) is 36.1 Å². The van der Waals surface area contributed by atoms with E-state index in [0.29, 0.717) is 12.5 Å². The van der Waals surface area contributed by atoms with Gasteiger partial charge in [-0.25, -0.2) is 8.78 Å². The van der Waals surface area contributed by atoms with Crippen LogP contribution in [0.15, 0.2) is 45.9 Å². The summed E-state index contributed by atoms with van der Waals surface area (Å²) in [6, 6.07) is 9.09. The van der Waals surface area contributed by atoms with Crippen molar-refractivity contribution in [2.45, 2.75) is 13.1 Å². The highest BCUT2D eigenvalue weighted by Gasteiger charge is 2.06. The predicted octanol–water partition coefficient (Wildman–Crippen LogP) is 4.22. The summed E-state index contributed by atoms with van der Waals surface area (Å²) in [6.07, 6.45) is 0. The number of nitrogens with zero attached hydrogens (tertiary/aromatic N) is 1. The molecule has 0 heterocycles. The number of guanidine groups is 1. The molecule has 0 fully saturated rings. The molecule has 0 atom stereocenters. The topological polar surface area (TPSA) is 45.7 Å². The number of ether oxygens (including phenoxy) is 1. The summed E-state index contributed by atoms with van der Waals surface area (Å²) >= 11 is 3.43. The number of aliphatic imine (C=N–C) groups is 1. The zero-order valence-electron chi connectivity index (χ0n) is 13.8. The van der Waals surface area contributed by atoms with E-state index in [4.69, 9.17) is 4.74 Å². The van der Waals surface area contributed by atoms with Gasteiger partial charge in [0.25, 0.3) is 0 Å². The molecule has 0 amide bonds. The lowest BCUT2D eigenvalue weighted by Crippen LogP contribution is -2.36. The molecule has 25 heavy (non-hydrogen) atoms. The Morgan fingerprint density at radius 1 is 1.12 bits per heavy atom. The van der Waals surface area contributed by atoms with Crippen LogP contribution in [0.5, 0.6) is 5.75 Å². The third-order valence-electron chi connectivity index (χ3n) is 3.35. The smallest absolute Gasteiger partial charge is 0.191 e. The molecule has 0 unspecified atom stereocenters. The first-order chi connectivity index (χ1) is 11.5. The summed E-state index contributed by atoms with van der Waals surface area (Å²) in [6.45, 7) is 0.656. The van der Waals surface area contributed by atoms with Crippen LogP contribution in [0.3, 0.4) is 0 Å². The standard InChI is InChI=1S/C17H18BrF2N3O.HI/c1-21-17(23-10-12-8-13(19)4-5-15(12)20)22-9-11-3-6-16(24-2)14(18)7-11;/h3-8H,9-10H2,1-2H3,(H2,21,22,23);1H. The van der Waals surface area contributed by atoms with Gasteiger partial charge in [-0.1, -0.05) is 6.07 Å². The van der Waals surface area contributed by atoms with Crippen molar-refractivity contribution >= 4 is 45.9 Å². The Bertz CT molecular complexity index is 744. The number of hydrogen-bond donors (Lipinski definition) is 2. The van der Waals surface area contributed by atoms with Crippen LogP contribution in [-0.4, -0.2) is 20.1 Å². The van der Waals surface area contributed by atoms with E-state index in [2.05, 4.69) is 31.6 Å². The number of halogens is 4. The fraction of sp³-hybridized carbons (Fsp3) is 0.235. The molecule has 0 spiro atoms. The fourth-order valence-corrected chi connectivity index (χ4v) is 2.67. The zero-order chi connectivity index (χ0) is 17.5. The second kappa shape index (κ2) is 10.5. The van der Waals surface area contributed by atoms with Crippen molar-refractivity contribution < 1.29 is 13.5 Å². The van der Waals surface area contributed by atoms with Crippen LogP contribution < -0.4 is 15.4 Å². The van der Waals surface area contributed by atoms with E-state index in [1.54, 1.807) is 14.2 Å². The van der Waals surface area contributed by atoms with Crippen molar-refractivity contribution in [3.05, 3.63) is 63.6 Å². The first kappa shape index (κ1) is 21.6. The van der Waals surface area contributed by atoms with Gasteiger partial charge in [-0.3, -0.25) is 4.99 Å². The van der Waals surface area contributed by atoms with Gasteiger partial charge in [0.05, 0.1) is 11.6 Å². The third-order valence-corrected chi connectivity index (χ3v) is 3.97. The van der Waals surface area contributed by atoms with Crippen molar-refractivity contribution in [1.82, 2.24) is 10.6 Å². The fourth-order valence-electron chi connectivity index (χ4n) is 2.08. The van der Waals surface area contributed by atoms with Crippen molar-refractivity contribution in [3.63, 3.8) is 0 Å². The Hall–Kier alpha value is -1.42. The average Bonchev–Trinajstić information content (AvgIpc) is 2.58. The van der Waals surface area contributed by atoms with Crippen LogP contribution in [0.2, 0.25) is 0 Å². The second-order valence-corrected chi connectivity index (χ2v) is 5.84. The molecule has 2 rings (SSSR count). The van der Waals surface area contributed by atoms with Gasteiger partial charge >= 0.3 is 0 Å². The van der Waals surface area contributed by atoms with Crippen molar-refractivity contribution in [2.75, 3.05) is 14.2 Å². The molecule has 8 heteroatoms. The molecule has 0 bridgehead atoms. The maximum Gasteiger partial charge on any atom is 0.191 e. The van der Waals surface area contributed by atoms with Crippen LogP contribution >= 0.6 is 39.9 Å². The Balaban J connectivity index is 0.00000312. The van der Waals surface area contributed by atoms with Gasteiger partial charge in [-0.2, -0.15) is 0 Å². The maximum absolute atomic E-state index is 13.6. The summed E-state index contributed by atoms with van der Waals surface area (Å²) in [4.78, 5) is 4.07. The molecule has 0 saturated carbocycles. The highest BCUT2D eigenvalue weighted by atomic mass is 127. The van der Waals surface area contributed by atoms with E-state index in [1.807, 2.05) is 18.2 Å². The molecule has 0 saturated heterocycles. The van der Waals surface area contributed by atoms with Crippen molar-refractivity contribution in [3.8, 4) is 5.75 Å². The van der Waals surface area contributed by atoms with Gasteiger partial charge in [-0.15, -0.1) is 24.0 Å². The van der Waals surface area contributed by atoms with Gasteiger partial charge in [-0.05, 0) is 51.8 Å². The molecule has 136 valence electrons. The summed E-state index contributed by atoms with van der Waals surface area (Å²) in [5.41, 5.74) is 1.26. The van der Waals surface area contributed by atoms with Gasteiger partial charge in [0.15, 0.2) is 5.96 Å². The Morgan fingerprint density at radius 2 is 1.84 bits per heavy atom. The lowest BCUT2D eigenvalue weighted by Gasteiger charge is -2.13. The minimum atomic E-state index is -0.473. The molecule has 2 aromatic carbocycles. The summed E-state index contributed by atoms with van der Waals surface area (Å²) < 4.78 is 32.8. The van der Waals surface area contributed by atoms with E-state index in [9.17, 15) is 8.78 Å². The first-order valence-corrected chi connectivity index (χ1v) is 8.03. The number of rotatable bonds is 5. The Morgan fingerprint density at radius 3 is 2.48 bits per heavy atom. The Kier molecular flexibility index (Phi) is 9.12. The minimum Gasteiger partial charge on any atom is -0.496 e. The Labute approximate surface area is 171 Å². The summed E-state index contributed by atoms with van der Waals surface area (Å²) in [5.74, 6) is 0.311. The molecular weight excluding hydrogens is 507 g/mol. The van der Waals surface area contributed by atoms with Gasteiger partial charge in [0.2, 0.25) is 0 Å². The number of hydrogen-bond acceptors (Lipinski definition) is 2. The van der Waals surface area contributed by atoms with Crippen molar-refractivity contribution in [2.24, 2.45) is 4.99 Å². The van der Waals surface area contributed by atoms with Gasteiger partial charge < -0.3 is 15.4 Å². The normalized spacial score (nSPS) is 10.8. The van der Waals surface area contributed by atoms with E-state index < -0.39 is 11.6 Å². The SMILES string of the molecule is CN=C(NCc1ccc(OC)c(Br)c1)NCc1cc(F)ccc1F.I. The lowest BCUT2D eigenvalue weighted by atomic mass is 10.2. The largest absolute Gasteiger partial charge is 0.496 e. The molecular formula is C17H19BrF2IN3O. The van der Waals surface area contributed by atoms with E-state index in [1.165, 1.54) is 0 Å². The molecule has 0 aliphatic rings. The van der Waals surface area contributed by atoms with Crippen molar-refractivity contribution in [1.29, 1.82) is 0 Å². The summed E-state index contributed by atoms with van der Waals surface area (Å²) in [5, 5.41) is 6.07. The second-order valence-electron chi connectivity index (χ2n) is 4.98. The molecule has 0 aliphatic heterocycles. The highest BCUT2D eigenvalue weighted by molar-refractivity contribution is 14.0. The first-order valence-electron chi connectivity index (χ1n) is 7.24. The van der Waals surface area contributed by atoms with Gasteiger partial charge in [0.1, 0.15) is 17.4 Å². The molecule has 2 aromatic rings. The number of nitrogens with one attached hydrogen (secondary N) is 2. The highest BCUT2D eigenvalue weighted by Crippen LogP contribution is 2.25. The zero-order valence-corrected chi connectivity index (χ0v) is 17.7. The number of benzene rings is 2. The minimum absolute atomic E-state index is 0. The van der Waals surface area contributed by atoms with Crippen LogP contribution in [0.4, 0.5) is 8.78 Å². The van der Waals surface area contributed by atoms with Gasteiger partial charge in [0, 0.05) is 25.7 Å². The maximum atomic E-state index is 13.6. The van der Waals surface area contributed by atoms with E-state index in [0.717, 1.165) is 34.0 Å². The van der Waals surface area contributed by atoms with E-state index >= 15 is 0 Å².